The first-order chi connectivity index (χ1) is 14.4. The Morgan fingerprint density at radius 1 is 1.07 bits per heavy atom. The molecule has 0 saturated carbocycles. The third kappa shape index (κ3) is 3.94. The minimum atomic E-state index is -0.428. The lowest BCUT2D eigenvalue weighted by Crippen LogP contribution is -2.17. The minimum absolute atomic E-state index is 0.0835. The molecule has 30 heavy (non-hydrogen) atoms. The molecule has 1 aromatic heterocycles. The Morgan fingerprint density at radius 3 is 2.53 bits per heavy atom. The Labute approximate surface area is 180 Å². The van der Waals surface area contributed by atoms with E-state index in [4.69, 9.17) is 23.2 Å². The Hall–Kier alpha value is -3.55. The van der Waals surface area contributed by atoms with E-state index < -0.39 is 5.91 Å². The van der Waals surface area contributed by atoms with Gasteiger partial charge in [-0.1, -0.05) is 35.3 Å². The van der Waals surface area contributed by atoms with Crippen molar-refractivity contribution in [2.24, 2.45) is 5.10 Å². The van der Waals surface area contributed by atoms with Crippen LogP contribution in [0.2, 0.25) is 10.0 Å². The number of aromatic amines is 1. The number of hydrogen-bond acceptors (Lipinski definition) is 5. The summed E-state index contributed by atoms with van der Waals surface area (Å²) in [7, 11) is 0. The number of fused-ring (bicyclic) bond motifs is 1. The highest BCUT2D eigenvalue weighted by molar-refractivity contribution is 6.37. The second-order valence-electron chi connectivity index (χ2n) is 6.37. The first kappa shape index (κ1) is 19.8. The van der Waals surface area contributed by atoms with Crippen molar-refractivity contribution in [3.05, 3.63) is 75.8 Å². The number of carbonyl (C=O) groups is 1. The van der Waals surface area contributed by atoms with Crippen molar-refractivity contribution in [2.75, 3.05) is 0 Å². The van der Waals surface area contributed by atoms with Crippen molar-refractivity contribution in [1.29, 1.82) is 0 Å². The van der Waals surface area contributed by atoms with Crippen LogP contribution < -0.4 is 5.43 Å². The van der Waals surface area contributed by atoms with Crippen LogP contribution in [0, 0.1) is 0 Å². The van der Waals surface area contributed by atoms with Crippen LogP contribution >= 0.6 is 23.2 Å². The fraction of sp³-hybridized carbons (Fsp3) is 0. The quantitative estimate of drug-likeness (QED) is 0.272. The number of phenols is 2. The maximum absolute atomic E-state index is 12.4. The number of hydrazone groups is 1. The monoisotopic (exact) mass is 440 g/mol. The number of amides is 1. The maximum atomic E-state index is 12.4. The first-order valence-electron chi connectivity index (χ1n) is 8.72. The highest BCUT2D eigenvalue weighted by Gasteiger charge is 2.12. The molecule has 3 aromatic carbocycles. The number of imidazole rings is 1. The molecule has 1 heterocycles. The molecule has 4 aromatic rings. The van der Waals surface area contributed by atoms with E-state index in [-0.39, 0.29) is 21.5 Å². The van der Waals surface area contributed by atoms with Gasteiger partial charge in [0, 0.05) is 5.56 Å². The molecule has 7 nitrogen and oxygen atoms in total. The molecule has 150 valence electrons. The van der Waals surface area contributed by atoms with Crippen molar-refractivity contribution < 1.29 is 15.0 Å². The van der Waals surface area contributed by atoms with E-state index in [1.165, 1.54) is 18.3 Å². The Kier molecular flexibility index (Phi) is 5.31. The van der Waals surface area contributed by atoms with Gasteiger partial charge in [-0.2, -0.15) is 5.10 Å². The zero-order chi connectivity index (χ0) is 21.3. The van der Waals surface area contributed by atoms with Crippen LogP contribution in [0.1, 0.15) is 15.9 Å². The fourth-order valence-electron chi connectivity index (χ4n) is 2.84. The summed E-state index contributed by atoms with van der Waals surface area (Å²) >= 11 is 11.7. The van der Waals surface area contributed by atoms with Gasteiger partial charge in [0.05, 0.1) is 32.9 Å². The number of nitrogens with zero attached hydrogens (tertiary/aromatic N) is 2. The summed E-state index contributed by atoms with van der Waals surface area (Å²) in [6, 6.07) is 14.8. The molecule has 0 aliphatic rings. The van der Waals surface area contributed by atoms with E-state index in [9.17, 15) is 15.0 Å². The second-order valence-corrected chi connectivity index (χ2v) is 7.18. The summed E-state index contributed by atoms with van der Waals surface area (Å²) in [5, 5.41) is 23.6. The molecule has 4 N–H and O–H groups in total. The van der Waals surface area contributed by atoms with Crippen LogP contribution in [0.5, 0.6) is 11.5 Å². The molecule has 0 spiro atoms. The van der Waals surface area contributed by atoms with Crippen molar-refractivity contribution in [1.82, 2.24) is 15.4 Å². The van der Waals surface area contributed by atoms with E-state index >= 15 is 0 Å². The number of carbonyl (C=O) groups excluding carboxylic acids is 1. The van der Waals surface area contributed by atoms with E-state index in [0.717, 1.165) is 0 Å². The number of hydrogen-bond donors (Lipinski definition) is 4. The first-order valence-corrected chi connectivity index (χ1v) is 9.47. The lowest BCUT2D eigenvalue weighted by molar-refractivity contribution is 0.0955. The van der Waals surface area contributed by atoms with Gasteiger partial charge in [-0.3, -0.25) is 4.79 Å². The van der Waals surface area contributed by atoms with E-state index in [0.29, 0.717) is 33.5 Å². The minimum Gasteiger partial charge on any atom is -0.507 e. The summed E-state index contributed by atoms with van der Waals surface area (Å²) in [5.74, 6) is -0.0311. The molecular formula is C21H14Cl2N4O3. The van der Waals surface area contributed by atoms with Crippen LogP contribution in [0.3, 0.4) is 0 Å². The summed E-state index contributed by atoms with van der Waals surface area (Å²) in [4.78, 5) is 20.0. The average Bonchev–Trinajstić information content (AvgIpc) is 3.15. The highest BCUT2D eigenvalue weighted by Crippen LogP contribution is 2.32. The van der Waals surface area contributed by atoms with Gasteiger partial charge in [0.25, 0.3) is 5.91 Å². The molecule has 0 saturated heterocycles. The number of phenolic OH excluding ortho intramolecular Hbond substituents is 2. The summed E-state index contributed by atoms with van der Waals surface area (Å²) in [6.45, 7) is 0. The number of H-pyrrole nitrogens is 1. The molecule has 0 aliphatic heterocycles. The predicted molar refractivity (Wildman–Crippen MR) is 116 cm³/mol. The summed E-state index contributed by atoms with van der Waals surface area (Å²) in [6.07, 6.45) is 1.36. The molecule has 4 rings (SSSR count). The lowest BCUT2D eigenvalue weighted by atomic mass is 10.2. The zero-order valence-electron chi connectivity index (χ0n) is 15.2. The number of rotatable bonds is 4. The van der Waals surface area contributed by atoms with Crippen LogP contribution in [0.15, 0.2) is 59.7 Å². The summed E-state index contributed by atoms with van der Waals surface area (Å²) < 4.78 is 0. The van der Waals surface area contributed by atoms with Gasteiger partial charge in [-0.05, 0) is 48.0 Å². The standard InChI is InChI=1S/C21H14Cl2N4O3/c22-14-7-11(8-15(23)19(14)29)10-24-27-21(30)12-5-6-16-17(9-12)26-20(25-16)13-3-1-2-4-18(13)28/h1-10,28-29H,(H,25,26)(H,27,30)/b24-10+. The smallest absolute Gasteiger partial charge is 0.271 e. The third-order valence-corrected chi connectivity index (χ3v) is 4.90. The van der Waals surface area contributed by atoms with Crippen LogP contribution in [0.4, 0.5) is 0 Å². The molecule has 0 radical (unpaired) electrons. The lowest BCUT2D eigenvalue weighted by Gasteiger charge is -2.02. The van der Waals surface area contributed by atoms with E-state index in [2.05, 4.69) is 20.5 Å². The zero-order valence-corrected chi connectivity index (χ0v) is 16.7. The van der Waals surface area contributed by atoms with Crippen molar-refractivity contribution in [2.45, 2.75) is 0 Å². The molecule has 0 bridgehead atoms. The molecular weight excluding hydrogens is 427 g/mol. The highest BCUT2D eigenvalue weighted by atomic mass is 35.5. The third-order valence-electron chi connectivity index (χ3n) is 4.32. The average molecular weight is 441 g/mol. The molecule has 0 fully saturated rings. The Bertz CT molecular complexity index is 1280. The van der Waals surface area contributed by atoms with Crippen molar-refractivity contribution in [3.8, 4) is 22.9 Å². The second kappa shape index (κ2) is 8.06. The number of halogens is 2. The maximum Gasteiger partial charge on any atom is 0.271 e. The van der Waals surface area contributed by atoms with Gasteiger partial charge in [0.2, 0.25) is 0 Å². The Morgan fingerprint density at radius 2 is 1.80 bits per heavy atom. The predicted octanol–water partition coefficient (Wildman–Crippen LogP) is 4.71. The molecule has 0 aliphatic carbocycles. The normalized spacial score (nSPS) is 11.3. The van der Waals surface area contributed by atoms with Gasteiger partial charge >= 0.3 is 0 Å². The van der Waals surface area contributed by atoms with E-state index in [1.54, 1.807) is 42.5 Å². The van der Waals surface area contributed by atoms with Crippen LogP contribution in [0.25, 0.3) is 22.4 Å². The van der Waals surface area contributed by atoms with Gasteiger partial charge < -0.3 is 15.2 Å². The topological polar surface area (TPSA) is 111 Å². The molecule has 0 unspecified atom stereocenters. The SMILES string of the molecule is O=C(N/N=C/c1cc(Cl)c(O)c(Cl)c1)c1ccc2nc(-c3ccccc3O)[nH]c2c1. The molecule has 1 amide bonds. The number of benzene rings is 3. The van der Waals surface area contributed by atoms with Gasteiger partial charge in [-0.25, -0.2) is 10.4 Å². The van der Waals surface area contributed by atoms with E-state index in [1.807, 2.05) is 0 Å². The van der Waals surface area contributed by atoms with Gasteiger partial charge in [-0.15, -0.1) is 0 Å². The number of nitrogens with one attached hydrogen (secondary N) is 2. The number of aromatic nitrogens is 2. The van der Waals surface area contributed by atoms with Gasteiger partial charge in [0.15, 0.2) is 5.75 Å². The van der Waals surface area contributed by atoms with Crippen molar-refractivity contribution in [3.63, 3.8) is 0 Å². The van der Waals surface area contributed by atoms with Crippen molar-refractivity contribution >= 4 is 46.4 Å². The molecule has 9 heteroatoms. The fourth-order valence-corrected chi connectivity index (χ4v) is 3.35. The largest absolute Gasteiger partial charge is 0.507 e. The number of para-hydroxylation sites is 1. The Balaban J connectivity index is 1.53. The number of aromatic hydroxyl groups is 2. The molecule has 0 atom stereocenters. The van der Waals surface area contributed by atoms with Gasteiger partial charge in [0.1, 0.15) is 11.6 Å². The van der Waals surface area contributed by atoms with Crippen LogP contribution in [-0.2, 0) is 0 Å². The van der Waals surface area contributed by atoms with Crippen LogP contribution in [-0.4, -0.2) is 32.3 Å². The summed E-state index contributed by atoms with van der Waals surface area (Å²) in [5.41, 5.74) is 5.16.